The Balaban J connectivity index is 1.88. The molecule has 7 nitrogen and oxygen atoms in total. The van der Waals surface area contributed by atoms with Crippen molar-refractivity contribution < 1.29 is 9.90 Å². The van der Waals surface area contributed by atoms with Crippen LogP contribution in [0, 0.1) is 20.8 Å². The Morgan fingerprint density at radius 1 is 1.23 bits per heavy atom. The lowest BCUT2D eigenvalue weighted by molar-refractivity contribution is -0.137. The van der Waals surface area contributed by atoms with Crippen LogP contribution in [-0.4, -0.2) is 38.1 Å². The Morgan fingerprint density at radius 3 is 2.65 bits per heavy atom. The first-order chi connectivity index (χ1) is 14.9. The van der Waals surface area contributed by atoms with Crippen molar-refractivity contribution in [3.8, 4) is 5.00 Å². The van der Waals surface area contributed by atoms with Gasteiger partial charge in [0.2, 0.25) is 0 Å². The van der Waals surface area contributed by atoms with Gasteiger partial charge in [-0.25, -0.2) is 0 Å². The van der Waals surface area contributed by atoms with E-state index in [4.69, 9.17) is 10.7 Å². The van der Waals surface area contributed by atoms with E-state index in [0.29, 0.717) is 12.4 Å². The van der Waals surface area contributed by atoms with Gasteiger partial charge in [0.15, 0.2) is 5.82 Å². The maximum absolute atomic E-state index is 11.6. The third-order valence-electron chi connectivity index (χ3n) is 5.44. The quantitative estimate of drug-likeness (QED) is 0.609. The van der Waals surface area contributed by atoms with E-state index in [1.54, 1.807) is 11.3 Å². The minimum absolute atomic E-state index is 0.144. The molecule has 0 saturated heterocycles. The third-order valence-corrected chi connectivity index (χ3v) is 6.63. The standard InChI is InChI=1S/C23H25N5O2S/c1-13-14(2)31-23-20(13)21(17-9-7-16(8-10-17)6-4-5-11-24)25-18(12-19(29)30)22-27-26-15(3)28(22)23/h4,6-10,18H,5,11-12,24H2,1-3H3,(H,29,30)/t18-/m1/s1. The number of aryl methyl sites for hydroxylation is 2. The fraction of sp³-hybridized carbons (Fsp3) is 0.304. The molecule has 0 saturated carbocycles. The molecule has 0 radical (unpaired) electrons. The van der Waals surface area contributed by atoms with Crippen LogP contribution in [0.25, 0.3) is 11.1 Å². The molecule has 0 unspecified atom stereocenters. The van der Waals surface area contributed by atoms with Gasteiger partial charge in [0.25, 0.3) is 0 Å². The van der Waals surface area contributed by atoms with E-state index in [-0.39, 0.29) is 6.42 Å². The number of rotatable bonds is 6. The molecule has 1 atom stereocenters. The maximum atomic E-state index is 11.6. The molecule has 0 bridgehead atoms. The van der Waals surface area contributed by atoms with Crippen LogP contribution in [0.15, 0.2) is 35.3 Å². The summed E-state index contributed by atoms with van der Waals surface area (Å²) >= 11 is 1.66. The highest BCUT2D eigenvalue weighted by Crippen LogP contribution is 2.39. The highest BCUT2D eigenvalue weighted by atomic mass is 32.1. The number of hydrogen-bond donors (Lipinski definition) is 2. The lowest BCUT2D eigenvalue weighted by Crippen LogP contribution is -2.10. The zero-order chi connectivity index (χ0) is 22.1. The van der Waals surface area contributed by atoms with E-state index in [2.05, 4.69) is 36.2 Å². The lowest BCUT2D eigenvalue weighted by Gasteiger charge is -2.11. The smallest absolute Gasteiger partial charge is 0.306 e. The van der Waals surface area contributed by atoms with Crippen LogP contribution in [-0.2, 0) is 4.79 Å². The van der Waals surface area contributed by atoms with Crippen molar-refractivity contribution in [2.24, 2.45) is 10.7 Å². The Hall–Kier alpha value is -3.10. The molecule has 3 aromatic rings. The average molecular weight is 436 g/mol. The molecule has 3 heterocycles. The van der Waals surface area contributed by atoms with Gasteiger partial charge >= 0.3 is 5.97 Å². The van der Waals surface area contributed by atoms with Crippen molar-refractivity contribution in [2.45, 2.75) is 39.7 Å². The van der Waals surface area contributed by atoms with Gasteiger partial charge in [-0.3, -0.25) is 14.4 Å². The zero-order valence-electron chi connectivity index (χ0n) is 17.8. The largest absolute Gasteiger partial charge is 0.481 e. The van der Waals surface area contributed by atoms with Crippen LogP contribution in [0.4, 0.5) is 0 Å². The highest BCUT2D eigenvalue weighted by Gasteiger charge is 2.32. The zero-order valence-corrected chi connectivity index (χ0v) is 18.6. The second-order valence-electron chi connectivity index (χ2n) is 7.60. The average Bonchev–Trinajstić information content (AvgIpc) is 3.21. The summed E-state index contributed by atoms with van der Waals surface area (Å²) in [5, 5.41) is 19.0. The molecule has 1 aliphatic rings. The van der Waals surface area contributed by atoms with Crippen molar-refractivity contribution in [3.63, 3.8) is 0 Å². The van der Waals surface area contributed by atoms with E-state index < -0.39 is 12.0 Å². The predicted octanol–water partition coefficient (Wildman–Crippen LogP) is 3.98. The number of fused-ring (bicyclic) bond motifs is 3. The topological polar surface area (TPSA) is 106 Å². The van der Waals surface area contributed by atoms with Crippen LogP contribution >= 0.6 is 11.3 Å². The Bertz CT molecular complexity index is 1190. The molecule has 160 valence electrons. The number of carboxylic acids is 1. The molecule has 0 aliphatic carbocycles. The molecule has 8 heteroatoms. The van der Waals surface area contributed by atoms with E-state index >= 15 is 0 Å². The fourth-order valence-corrected chi connectivity index (χ4v) is 4.97. The number of aromatic nitrogens is 3. The van der Waals surface area contributed by atoms with Crippen molar-refractivity contribution in [3.05, 3.63) is 69.1 Å². The highest BCUT2D eigenvalue weighted by molar-refractivity contribution is 7.15. The number of nitrogens with zero attached hydrogens (tertiary/aromatic N) is 4. The third kappa shape index (κ3) is 3.96. The van der Waals surface area contributed by atoms with Crippen molar-refractivity contribution in [1.29, 1.82) is 0 Å². The molecular weight excluding hydrogens is 410 g/mol. The van der Waals surface area contributed by atoms with Crippen molar-refractivity contribution >= 4 is 29.1 Å². The molecule has 0 spiro atoms. The number of benzene rings is 1. The van der Waals surface area contributed by atoms with Gasteiger partial charge < -0.3 is 10.8 Å². The Morgan fingerprint density at radius 2 is 1.97 bits per heavy atom. The van der Waals surface area contributed by atoms with Gasteiger partial charge in [0.1, 0.15) is 16.9 Å². The van der Waals surface area contributed by atoms with Gasteiger partial charge in [-0.1, -0.05) is 36.4 Å². The fourth-order valence-electron chi connectivity index (χ4n) is 3.76. The van der Waals surface area contributed by atoms with Gasteiger partial charge in [0.05, 0.1) is 12.1 Å². The number of thiophene rings is 1. The number of hydrogen-bond acceptors (Lipinski definition) is 6. The molecule has 31 heavy (non-hydrogen) atoms. The SMILES string of the molecule is Cc1sc2c(c1C)C(c1ccc(C=CCCN)cc1)=N[C@H](CC(=O)O)c1nnc(C)n1-2. The molecular formula is C23H25N5O2S. The van der Waals surface area contributed by atoms with Gasteiger partial charge in [0, 0.05) is 16.0 Å². The monoisotopic (exact) mass is 435 g/mol. The Kier molecular flexibility index (Phi) is 5.84. The van der Waals surface area contributed by atoms with Crippen molar-refractivity contribution in [1.82, 2.24) is 14.8 Å². The first-order valence-electron chi connectivity index (χ1n) is 10.2. The van der Waals surface area contributed by atoms with Crippen molar-refractivity contribution in [2.75, 3.05) is 6.54 Å². The van der Waals surface area contributed by atoms with E-state index in [9.17, 15) is 9.90 Å². The summed E-state index contributed by atoms with van der Waals surface area (Å²) in [6.07, 6.45) is 4.80. The second-order valence-corrected chi connectivity index (χ2v) is 8.80. The molecule has 0 fully saturated rings. The van der Waals surface area contributed by atoms with E-state index in [1.807, 2.05) is 35.8 Å². The molecule has 2 aromatic heterocycles. The summed E-state index contributed by atoms with van der Waals surface area (Å²) in [6, 6.07) is 7.54. The van der Waals surface area contributed by atoms with Crippen LogP contribution in [0.5, 0.6) is 0 Å². The lowest BCUT2D eigenvalue weighted by atomic mass is 9.98. The summed E-state index contributed by atoms with van der Waals surface area (Å²) in [4.78, 5) is 17.7. The van der Waals surface area contributed by atoms with Crippen LogP contribution in [0.3, 0.4) is 0 Å². The van der Waals surface area contributed by atoms with E-state index in [1.165, 1.54) is 4.88 Å². The van der Waals surface area contributed by atoms with E-state index in [0.717, 1.165) is 45.2 Å². The maximum Gasteiger partial charge on any atom is 0.306 e. The summed E-state index contributed by atoms with van der Waals surface area (Å²) in [6.45, 7) is 6.68. The predicted molar refractivity (Wildman–Crippen MR) is 123 cm³/mol. The summed E-state index contributed by atoms with van der Waals surface area (Å²) in [5.41, 5.74) is 10.5. The molecule has 1 aliphatic heterocycles. The molecule has 1 aromatic carbocycles. The summed E-state index contributed by atoms with van der Waals surface area (Å²) in [7, 11) is 0. The number of aliphatic carboxylic acids is 1. The van der Waals surface area contributed by atoms with Gasteiger partial charge in [-0.05, 0) is 44.9 Å². The van der Waals surface area contributed by atoms with Gasteiger partial charge in [-0.2, -0.15) is 0 Å². The molecule has 3 N–H and O–H groups in total. The molecule has 0 amide bonds. The summed E-state index contributed by atoms with van der Waals surface area (Å²) < 4.78 is 1.97. The van der Waals surface area contributed by atoms with Crippen LogP contribution in [0.1, 0.15) is 57.7 Å². The van der Waals surface area contributed by atoms with Crippen LogP contribution < -0.4 is 5.73 Å². The number of aliphatic imine (C=N–C) groups is 1. The number of carbonyl (C=O) groups is 1. The normalized spacial score (nSPS) is 15.5. The number of nitrogens with two attached hydrogens (primary N) is 1. The first kappa shape index (κ1) is 21.1. The second kappa shape index (κ2) is 8.56. The minimum atomic E-state index is -0.918. The summed E-state index contributed by atoms with van der Waals surface area (Å²) in [5.74, 6) is 0.377. The minimum Gasteiger partial charge on any atom is -0.481 e. The van der Waals surface area contributed by atoms with Crippen LogP contribution in [0.2, 0.25) is 0 Å². The number of carboxylic acid groups (broad SMARTS) is 1. The Labute approximate surface area is 185 Å². The van der Waals surface area contributed by atoms with Gasteiger partial charge in [-0.15, -0.1) is 21.5 Å². The first-order valence-corrected chi connectivity index (χ1v) is 11.0. The molecule has 4 rings (SSSR count).